The Labute approximate surface area is 197 Å². The van der Waals surface area contributed by atoms with Crippen LogP contribution in [0.2, 0.25) is 5.02 Å². The minimum Gasteiger partial charge on any atom is -0.391 e. The van der Waals surface area contributed by atoms with Crippen LogP contribution in [0.4, 0.5) is 16.3 Å². The van der Waals surface area contributed by atoms with Gasteiger partial charge in [0.15, 0.2) is 5.82 Å². The molecule has 0 bridgehead atoms. The van der Waals surface area contributed by atoms with Crippen molar-refractivity contribution in [3.8, 4) is 11.3 Å². The number of halogens is 2. The van der Waals surface area contributed by atoms with Gasteiger partial charge in [0, 0.05) is 24.3 Å². The average Bonchev–Trinajstić information content (AvgIpc) is 3.12. The summed E-state index contributed by atoms with van der Waals surface area (Å²) in [7, 11) is 0. The number of hydrogen-bond acceptors (Lipinski definition) is 7. The van der Waals surface area contributed by atoms with Crippen molar-refractivity contribution in [2.75, 3.05) is 24.3 Å². The molecule has 0 amide bonds. The summed E-state index contributed by atoms with van der Waals surface area (Å²) in [5.41, 5.74) is 7.66. The van der Waals surface area contributed by atoms with E-state index in [0.717, 1.165) is 32.3 Å². The first kappa shape index (κ1) is 23.7. The lowest BCUT2D eigenvalue weighted by Gasteiger charge is -2.27. The van der Waals surface area contributed by atoms with Crippen LogP contribution in [0.1, 0.15) is 52.0 Å². The van der Waals surface area contributed by atoms with Gasteiger partial charge in [-0.05, 0) is 58.1 Å². The highest BCUT2D eigenvalue weighted by molar-refractivity contribution is 6.33. The van der Waals surface area contributed by atoms with Crippen LogP contribution in [-0.2, 0) is 4.74 Å². The van der Waals surface area contributed by atoms with Crippen LogP contribution in [0.5, 0.6) is 0 Å². The molecule has 10 heteroatoms. The molecule has 33 heavy (non-hydrogen) atoms. The molecule has 178 valence electrons. The maximum Gasteiger partial charge on any atom is 0.220 e. The second-order valence-corrected chi connectivity index (χ2v) is 9.20. The van der Waals surface area contributed by atoms with Gasteiger partial charge >= 0.3 is 0 Å². The molecule has 2 aromatic heterocycles. The highest BCUT2D eigenvalue weighted by Crippen LogP contribution is 2.34. The van der Waals surface area contributed by atoms with Crippen molar-refractivity contribution in [1.82, 2.24) is 19.5 Å². The summed E-state index contributed by atoms with van der Waals surface area (Å²) in [6, 6.07) is 3.76. The zero-order valence-corrected chi connectivity index (χ0v) is 19.6. The fraction of sp³-hybridized carbons (Fsp3) is 0.522. The molecular weight excluding hydrogens is 447 g/mol. The van der Waals surface area contributed by atoms with Gasteiger partial charge in [0.2, 0.25) is 11.9 Å². The van der Waals surface area contributed by atoms with E-state index in [4.69, 9.17) is 27.2 Å². The predicted molar refractivity (Wildman–Crippen MR) is 128 cm³/mol. The molecule has 1 aromatic carbocycles. The zero-order chi connectivity index (χ0) is 23.5. The van der Waals surface area contributed by atoms with Gasteiger partial charge in [0.1, 0.15) is 5.52 Å². The van der Waals surface area contributed by atoms with E-state index in [-0.39, 0.29) is 18.1 Å². The van der Waals surface area contributed by atoms with Gasteiger partial charge in [0.25, 0.3) is 0 Å². The van der Waals surface area contributed by atoms with Gasteiger partial charge in [-0.3, -0.25) is 0 Å². The summed E-state index contributed by atoms with van der Waals surface area (Å²) in [5.74, 6) is 0.375. The van der Waals surface area contributed by atoms with Gasteiger partial charge in [-0.15, -0.1) is 0 Å². The maximum absolute atomic E-state index is 14.8. The Kier molecular flexibility index (Phi) is 7.31. The smallest absolute Gasteiger partial charge is 0.220 e. The third kappa shape index (κ3) is 5.37. The van der Waals surface area contributed by atoms with Crippen molar-refractivity contribution in [3.05, 3.63) is 29.2 Å². The first-order valence-corrected chi connectivity index (χ1v) is 11.7. The second-order valence-electron chi connectivity index (χ2n) is 8.79. The third-order valence-electron chi connectivity index (χ3n) is 5.88. The Balaban J connectivity index is 0.000000318. The first-order valence-electron chi connectivity index (χ1n) is 11.4. The fourth-order valence-electron chi connectivity index (χ4n) is 3.96. The topological polar surface area (TPSA) is 111 Å². The number of anilines is 2. The summed E-state index contributed by atoms with van der Waals surface area (Å²) >= 11 is 6.20. The van der Waals surface area contributed by atoms with Crippen LogP contribution in [0.3, 0.4) is 0 Å². The fourth-order valence-corrected chi connectivity index (χ4v) is 4.16. The number of nitrogens with zero attached hydrogens (tertiary/aromatic N) is 4. The van der Waals surface area contributed by atoms with Gasteiger partial charge < -0.3 is 25.5 Å². The number of aliphatic hydroxyl groups is 1. The summed E-state index contributed by atoms with van der Waals surface area (Å²) in [5, 5.41) is 12.5. The number of ether oxygens (including phenoxy) is 1. The number of nitrogens with one attached hydrogen (secondary N) is 1. The Morgan fingerprint density at radius 3 is 2.61 bits per heavy atom. The first-order chi connectivity index (χ1) is 15.8. The third-order valence-corrected chi connectivity index (χ3v) is 6.15. The normalized spacial score (nSPS) is 18.7. The molecule has 1 saturated heterocycles. The van der Waals surface area contributed by atoms with Gasteiger partial charge in [-0.2, -0.15) is 0 Å². The molecule has 1 unspecified atom stereocenters. The number of nitrogens with two attached hydrogens (primary N) is 1. The van der Waals surface area contributed by atoms with Crippen LogP contribution in [0, 0.1) is 5.82 Å². The number of rotatable bonds is 4. The van der Waals surface area contributed by atoms with Crippen molar-refractivity contribution in [2.24, 2.45) is 0 Å². The molecule has 2 aliphatic rings. The van der Waals surface area contributed by atoms with E-state index in [2.05, 4.69) is 20.3 Å². The van der Waals surface area contributed by atoms with Crippen LogP contribution in [0.25, 0.3) is 22.3 Å². The molecule has 4 N–H and O–H groups in total. The molecule has 0 radical (unpaired) electrons. The molecule has 1 aliphatic carbocycles. The number of hydrogen-bond donors (Lipinski definition) is 3. The summed E-state index contributed by atoms with van der Waals surface area (Å²) < 4.78 is 21.8. The average molecular weight is 477 g/mol. The summed E-state index contributed by atoms with van der Waals surface area (Å²) in [6.45, 7) is 5.47. The number of nitrogen functional groups attached to an aromatic ring is 1. The monoisotopic (exact) mass is 476 g/mol. The molecule has 1 atom stereocenters. The lowest BCUT2D eigenvalue weighted by atomic mass is 9.93. The van der Waals surface area contributed by atoms with Crippen molar-refractivity contribution < 1.29 is 14.2 Å². The zero-order valence-electron chi connectivity index (χ0n) is 18.9. The highest BCUT2D eigenvalue weighted by atomic mass is 35.5. The highest BCUT2D eigenvalue weighted by Gasteiger charge is 2.23. The molecule has 3 heterocycles. The molecule has 1 aliphatic heterocycles. The van der Waals surface area contributed by atoms with Gasteiger partial charge in [-0.25, -0.2) is 19.3 Å². The van der Waals surface area contributed by atoms with Crippen LogP contribution < -0.4 is 11.1 Å². The molecule has 3 aromatic rings. The molecule has 5 rings (SSSR count). The Morgan fingerprint density at radius 1 is 1.24 bits per heavy atom. The second kappa shape index (κ2) is 10.2. The van der Waals surface area contributed by atoms with Crippen molar-refractivity contribution >= 4 is 34.5 Å². The quantitative estimate of drug-likeness (QED) is 0.505. The Bertz CT molecular complexity index is 1110. The van der Waals surface area contributed by atoms with E-state index in [1.165, 1.54) is 18.7 Å². The van der Waals surface area contributed by atoms with Gasteiger partial charge in [-0.1, -0.05) is 11.6 Å². The van der Waals surface area contributed by atoms with Crippen LogP contribution >= 0.6 is 11.6 Å². The lowest BCUT2D eigenvalue weighted by molar-refractivity contribution is -0.00535. The maximum atomic E-state index is 14.8. The van der Waals surface area contributed by atoms with E-state index in [9.17, 15) is 4.39 Å². The number of fused-ring (bicyclic) bond motifs is 1. The largest absolute Gasteiger partial charge is 0.391 e. The molecular formula is C23H30ClFN6O2. The molecule has 1 saturated carbocycles. The Morgan fingerprint density at radius 2 is 2.03 bits per heavy atom. The summed E-state index contributed by atoms with van der Waals surface area (Å²) in [6.07, 6.45) is 6.61. The Hall–Kier alpha value is -2.49. The number of aliphatic hydroxyl groups excluding tert-OH is 1. The number of imidazole rings is 1. The van der Waals surface area contributed by atoms with E-state index in [1.807, 2.05) is 24.5 Å². The van der Waals surface area contributed by atoms with Crippen molar-refractivity contribution in [1.29, 1.82) is 0 Å². The molecule has 8 nitrogen and oxygen atoms in total. The minimum absolute atomic E-state index is 0.0922. The lowest BCUT2D eigenvalue weighted by Crippen LogP contribution is -2.28. The van der Waals surface area contributed by atoms with E-state index >= 15 is 0 Å². The summed E-state index contributed by atoms with van der Waals surface area (Å²) in [4.78, 5) is 12.5. The standard InChI is InChI=1S/C18H20ClFN6.C5H10O2/c1-9(2)26-14-7-10(15-12(19)8-22-17(21)24-15)6-13(20)16(14)25-18(26)23-11-4-3-5-11;6-5-2-1-3-7-4-5/h6-9,11H,3-5H2,1-2H3,(H,23,25)(H2,21,22,24);5-6H,1-4H2. The molecule has 2 fully saturated rings. The van der Waals surface area contributed by atoms with Crippen LogP contribution in [-0.4, -0.2) is 50.0 Å². The van der Waals surface area contributed by atoms with E-state index < -0.39 is 5.82 Å². The van der Waals surface area contributed by atoms with Gasteiger partial charge in [0.05, 0.1) is 35.1 Å². The van der Waals surface area contributed by atoms with E-state index in [0.29, 0.717) is 45.9 Å². The van der Waals surface area contributed by atoms with Crippen molar-refractivity contribution in [3.63, 3.8) is 0 Å². The minimum atomic E-state index is -0.415. The van der Waals surface area contributed by atoms with Crippen LogP contribution in [0.15, 0.2) is 18.3 Å². The number of aromatic nitrogens is 4. The predicted octanol–water partition coefficient (Wildman–Crippen LogP) is 4.57. The SMILES string of the molecule is CC(C)n1c(NC2CCC2)nc2c(F)cc(-c3nc(N)ncc3Cl)cc21.OC1CCCOC1. The van der Waals surface area contributed by atoms with Crippen molar-refractivity contribution in [2.45, 2.75) is 64.1 Å². The van der Waals surface area contributed by atoms with E-state index in [1.54, 1.807) is 0 Å². The number of benzene rings is 1. The molecule has 0 spiro atoms.